The first-order chi connectivity index (χ1) is 13.8. The number of para-hydroxylation sites is 1. The second-order valence-electron chi connectivity index (χ2n) is 6.06. The summed E-state index contributed by atoms with van der Waals surface area (Å²) in [7, 11) is 1.82. The first kappa shape index (κ1) is 21.8. The van der Waals surface area contributed by atoms with Crippen molar-refractivity contribution >= 4 is 58.2 Å². The van der Waals surface area contributed by atoms with Gasteiger partial charge in [-0.15, -0.1) is 10.2 Å². The van der Waals surface area contributed by atoms with Gasteiger partial charge < -0.3 is 14.6 Å². The zero-order chi connectivity index (χ0) is 21.0. The van der Waals surface area contributed by atoms with E-state index in [9.17, 15) is 4.79 Å². The number of hydrogen-bond acceptors (Lipinski definition) is 5. The minimum Gasteiger partial charge on any atom is -0.481 e. The Labute approximate surface area is 187 Å². The summed E-state index contributed by atoms with van der Waals surface area (Å²) in [5, 5.41) is 13.0. The molecule has 1 N–H and O–H groups in total. The van der Waals surface area contributed by atoms with Crippen molar-refractivity contribution in [2.24, 2.45) is 7.05 Å². The van der Waals surface area contributed by atoms with Crippen molar-refractivity contribution in [2.45, 2.75) is 18.2 Å². The number of ether oxygens (including phenoxy) is 1. The molecule has 1 atom stereocenters. The molecule has 1 heterocycles. The Balaban J connectivity index is 1.59. The third-order valence-corrected chi connectivity index (χ3v) is 5.98. The number of hydrogen-bond donors (Lipinski definition) is 1. The second-order valence-corrected chi connectivity index (χ2v) is 8.22. The molecule has 0 saturated carbocycles. The molecular formula is C19H17Cl3N4O2S. The summed E-state index contributed by atoms with van der Waals surface area (Å²) in [6, 6.07) is 12.1. The molecule has 152 valence electrons. The molecule has 3 rings (SSSR count). The van der Waals surface area contributed by atoms with Gasteiger partial charge >= 0.3 is 0 Å². The van der Waals surface area contributed by atoms with Crippen LogP contribution in [0.4, 0.5) is 5.69 Å². The topological polar surface area (TPSA) is 69.0 Å². The summed E-state index contributed by atoms with van der Waals surface area (Å²) in [6.45, 7) is 1.86. The molecule has 2 aromatic carbocycles. The highest BCUT2D eigenvalue weighted by atomic mass is 35.5. The van der Waals surface area contributed by atoms with Crippen LogP contribution in [0.15, 0.2) is 47.6 Å². The molecule has 29 heavy (non-hydrogen) atoms. The van der Waals surface area contributed by atoms with Gasteiger partial charge in [-0.25, -0.2) is 0 Å². The van der Waals surface area contributed by atoms with Gasteiger partial charge in [0.2, 0.25) is 5.91 Å². The van der Waals surface area contributed by atoms with Crippen LogP contribution >= 0.6 is 46.6 Å². The van der Waals surface area contributed by atoms with Crippen LogP contribution in [0.3, 0.4) is 0 Å². The van der Waals surface area contributed by atoms with Gasteiger partial charge in [-0.1, -0.05) is 58.7 Å². The van der Waals surface area contributed by atoms with Gasteiger partial charge in [0.15, 0.2) is 17.1 Å². The number of benzene rings is 2. The maximum absolute atomic E-state index is 12.2. The van der Waals surface area contributed by atoms with E-state index in [0.29, 0.717) is 37.5 Å². The predicted octanol–water partition coefficient (Wildman–Crippen LogP) is 5.65. The monoisotopic (exact) mass is 470 g/mol. The number of halogens is 3. The molecule has 0 bridgehead atoms. The average Bonchev–Trinajstić information content (AvgIpc) is 3.05. The number of amides is 1. The van der Waals surface area contributed by atoms with Crippen molar-refractivity contribution in [2.75, 3.05) is 11.1 Å². The molecule has 0 aliphatic rings. The van der Waals surface area contributed by atoms with Crippen LogP contribution in [-0.2, 0) is 11.8 Å². The fraction of sp³-hybridized carbons (Fsp3) is 0.211. The van der Waals surface area contributed by atoms with Gasteiger partial charge in [-0.2, -0.15) is 0 Å². The Hall–Kier alpha value is -1.93. The van der Waals surface area contributed by atoms with E-state index in [1.807, 2.05) is 26.1 Å². The highest BCUT2D eigenvalue weighted by molar-refractivity contribution is 7.99. The Morgan fingerprint density at radius 3 is 2.62 bits per heavy atom. The zero-order valence-corrected chi connectivity index (χ0v) is 18.6. The van der Waals surface area contributed by atoms with Gasteiger partial charge in [0.1, 0.15) is 5.75 Å². The van der Waals surface area contributed by atoms with Gasteiger partial charge in [-0.3, -0.25) is 4.79 Å². The van der Waals surface area contributed by atoms with Crippen LogP contribution in [-0.4, -0.2) is 26.4 Å². The lowest BCUT2D eigenvalue weighted by molar-refractivity contribution is -0.113. The lowest BCUT2D eigenvalue weighted by atomic mass is 10.3. The fourth-order valence-electron chi connectivity index (χ4n) is 2.49. The number of thioether (sulfide) groups is 1. The maximum Gasteiger partial charge on any atom is 0.234 e. The van der Waals surface area contributed by atoms with Crippen molar-refractivity contribution in [3.05, 3.63) is 63.4 Å². The number of nitrogens with zero attached hydrogens (tertiary/aromatic N) is 3. The summed E-state index contributed by atoms with van der Waals surface area (Å²) in [4.78, 5) is 12.2. The lowest BCUT2D eigenvalue weighted by Crippen LogP contribution is -2.15. The fourth-order valence-corrected chi connectivity index (χ4v) is 3.69. The Kier molecular flexibility index (Phi) is 7.29. The van der Waals surface area contributed by atoms with E-state index in [4.69, 9.17) is 39.5 Å². The first-order valence-corrected chi connectivity index (χ1v) is 10.6. The lowest BCUT2D eigenvalue weighted by Gasteiger charge is -2.15. The molecule has 0 fully saturated rings. The van der Waals surface area contributed by atoms with Gasteiger partial charge in [0.05, 0.1) is 20.8 Å². The van der Waals surface area contributed by atoms with Crippen molar-refractivity contribution in [3.8, 4) is 5.75 Å². The van der Waals surface area contributed by atoms with Crippen LogP contribution in [0.5, 0.6) is 5.75 Å². The van der Waals surface area contributed by atoms with Crippen molar-refractivity contribution < 1.29 is 9.53 Å². The highest BCUT2D eigenvalue weighted by Crippen LogP contribution is 2.29. The smallest absolute Gasteiger partial charge is 0.234 e. The van der Waals surface area contributed by atoms with Crippen LogP contribution in [0.1, 0.15) is 18.9 Å². The number of aromatic nitrogens is 3. The van der Waals surface area contributed by atoms with Gasteiger partial charge in [0, 0.05) is 12.7 Å². The number of rotatable bonds is 7. The summed E-state index contributed by atoms with van der Waals surface area (Å²) < 4.78 is 7.67. The maximum atomic E-state index is 12.2. The Morgan fingerprint density at radius 1 is 1.14 bits per heavy atom. The number of anilines is 1. The molecule has 0 saturated heterocycles. The van der Waals surface area contributed by atoms with Crippen LogP contribution in [0, 0.1) is 0 Å². The largest absolute Gasteiger partial charge is 0.481 e. The minimum atomic E-state index is -0.369. The SMILES string of the molecule is C[C@@H](Oc1ccccc1Cl)c1nnc(SCC(=O)Nc2ccc(Cl)c(Cl)c2)n1C. The van der Waals surface area contributed by atoms with Crippen molar-refractivity contribution in [1.29, 1.82) is 0 Å². The van der Waals surface area contributed by atoms with E-state index in [1.165, 1.54) is 11.8 Å². The molecule has 6 nitrogen and oxygen atoms in total. The molecule has 0 aliphatic heterocycles. The van der Waals surface area contributed by atoms with Gasteiger partial charge in [0.25, 0.3) is 0 Å². The summed E-state index contributed by atoms with van der Waals surface area (Å²) >= 11 is 19.2. The van der Waals surface area contributed by atoms with Crippen molar-refractivity contribution in [1.82, 2.24) is 14.8 Å². The summed E-state index contributed by atoms with van der Waals surface area (Å²) in [5.74, 6) is 1.15. The average molecular weight is 472 g/mol. The van der Waals surface area contributed by atoms with E-state index in [0.717, 1.165) is 0 Å². The number of carbonyl (C=O) groups excluding carboxylic acids is 1. The zero-order valence-electron chi connectivity index (χ0n) is 15.5. The van der Waals surface area contributed by atoms with Crippen LogP contribution in [0.2, 0.25) is 15.1 Å². The molecule has 0 aliphatic carbocycles. The van der Waals surface area contributed by atoms with Crippen LogP contribution in [0.25, 0.3) is 0 Å². The van der Waals surface area contributed by atoms with E-state index in [2.05, 4.69) is 15.5 Å². The normalized spacial score (nSPS) is 11.9. The molecule has 10 heteroatoms. The molecular weight excluding hydrogens is 455 g/mol. The quantitative estimate of drug-likeness (QED) is 0.451. The first-order valence-electron chi connectivity index (χ1n) is 8.53. The Bertz CT molecular complexity index is 1030. The molecule has 1 amide bonds. The second kappa shape index (κ2) is 9.71. The molecule has 3 aromatic rings. The molecule has 0 spiro atoms. The Morgan fingerprint density at radius 2 is 1.90 bits per heavy atom. The van der Waals surface area contributed by atoms with E-state index in [1.54, 1.807) is 34.9 Å². The summed E-state index contributed by atoms with van der Waals surface area (Å²) in [5.41, 5.74) is 0.574. The number of nitrogens with one attached hydrogen (secondary N) is 1. The summed E-state index contributed by atoms with van der Waals surface area (Å²) in [6.07, 6.45) is -0.369. The molecule has 1 aromatic heterocycles. The van der Waals surface area contributed by atoms with Gasteiger partial charge in [-0.05, 0) is 37.3 Å². The predicted molar refractivity (Wildman–Crippen MR) is 117 cm³/mol. The van der Waals surface area contributed by atoms with Crippen LogP contribution < -0.4 is 10.1 Å². The molecule has 0 unspecified atom stereocenters. The highest BCUT2D eigenvalue weighted by Gasteiger charge is 2.19. The van der Waals surface area contributed by atoms with E-state index in [-0.39, 0.29) is 17.8 Å². The standard InChI is InChI=1S/C19H17Cl3N4O2S/c1-11(28-16-6-4-3-5-14(16)21)18-24-25-19(26(18)2)29-10-17(27)23-12-7-8-13(20)15(22)9-12/h3-9,11H,10H2,1-2H3,(H,23,27)/t11-/m1/s1. The third kappa shape index (κ3) is 5.57. The van der Waals surface area contributed by atoms with E-state index < -0.39 is 0 Å². The van der Waals surface area contributed by atoms with Crippen molar-refractivity contribution in [3.63, 3.8) is 0 Å². The third-order valence-electron chi connectivity index (χ3n) is 3.91. The molecule has 0 radical (unpaired) electrons. The van der Waals surface area contributed by atoms with E-state index >= 15 is 0 Å². The number of carbonyl (C=O) groups is 1. The minimum absolute atomic E-state index is 0.159.